The maximum atomic E-state index is 12.5. The molecule has 2 heteroatoms. The van der Waals surface area contributed by atoms with E-state index in [1.54, 1.807) is 0 Å². The van der Waals surface area contributed by atoms with Crippen molar-refractivity contribution in [1.82, 2.24) is 0 Å². The lowest BCUT2D eigenvalue weighted by molar-refractivity contribution is 0.0943. The third-order valence-electron chi connectivity index (χ3n) is 5.34. The molecule has 0 aliphatic heterocycles. The smallest absolute Gasteiger partial charge is 0.170 e. The van der Waals surface area contributed by atoms with Crippen LogP contribution < -0.4 is 0 Å². The number of carbonyl (C=O) groups excluding carboxylic acids is 1. The molecule has 2 bridgehead atoms. The maximum Gasteiger partial charge on any atom is 0.170 e. The van der Waals surface area contributed by atoms with Crippen LogP contribution in [-0.4, -0.2) is 5.78 Å². The SMILES string of the molecule is Cc1cc(C(=O)C2C3C4CCC(C4)C23)c(C)o1. The highest BCUT2D eigenvalue weighted by atomic mass is 16.3. The lowest BCUT2D eigenvalue weighted by Crippen LogP contribution is -2.10. The van der Waals surface area contributed by atoms with Gasteiger partial charge in [0.25, 0.3) is 0 Å². The lowest BCUT2D eigenvalue weighted by atomic mass is 9.96. The van der Waals surface area contributed by atoms with Crippen LogP contribution in [0.4, 0.5) is 0 Å². The van der Waals surface area contributed by atoms with Crippen molar-refractivity contribution in [3.05, 3.63) is 23.2 Å². The average Bonchev–Trinajstić information content (AvgIpc) is 2.59. The Labute approximate surface area is 101 Å². The van der Waals surface area contributed by atoms with Gasteiger partial charge in [-0.3, -0.25) is 4.79 Å². The standard InChI is InChI=1S/C15H18O2/c1-7-5-11(8(2)17-7)15(16)14-12-9-3-4-10(6-9)13(12)14/h5,9-10,12-14H,3-4,6H2,1-2H3. The summed E-state index contributed by atoms with van der Waals surface area (Å²) in [5.41, 5.74) is 0.848. The minimum atomic E-state index is 0.344. The summed E-state index contributed by atoms with van der Waals surface area (Å²) in [4.78, 5) is 12.5. The van der Waals surface area contributed by atoms with Crippen molar-refractivity contribution in [1.29, 1.82) is 0 Å². The van der Waals surface area contributed by atoms with Crippen LogP contribution in [-0.2, 0) is 0 Å². The Morgan fingerprint density at radius 3 is 2.41 bits per heavy atom. The van der Waals surface area contributed by atoms with E-state index in [0.29, 0.717) is 11.7 Å². The Morgan fingerprint density at radius 2 is 1.88 bits per heavy atom. The number of carbonyl (C=O) groups is 1. The highest BCUT2D eigenvalue weighted by Gasteiger charge is 2.67. The molecule has 0 radical (unpaired) electrons. The molecule has 1 heterocycles. The zero-order chi connectivity index (χ0) is 11.7. The van der Waals surface area contributed by atoms with E-state index >= 15 is 0 Å². The van der Waals surface area contributed by atoms with Crippen molar-refractivity contribution >= 4 is 5.78 Å². The second-order valence-electron chi connectivity index (χ2n) is 6.20. The zero-order valence-electron chi connectivity index (χ0n) is 10.4. The molecule has 0 N–H and O–H groups in total. The summed E-state index contributed by atoms with van der Waals surface area (Å²) in [6.07, 6.45) is 4.15. The largest absolute Gasteiger partial charge is 0.466 e. The number of hydrogen-bond acceptors (Lipinski definition) is 2. The van der Waals surface area contributed by atoms with Gasteiger partial charge in [-0.1, -0.05) is 0 Å². The summed E-state index contributed by atoms with van der Waals surface area (Å²) in [5.74, 6) is 5.58. The second kappa shape index (κ2) is 3.04. The summed E-state index contributed by atoms with van der Waals surface area (Å²) in [6.45, 7) is 3.83. The molecule has 0 spiro atoms. The third kappa shape index (κ3) is 1.19. The van der Waals surface area contributed by atoms with Crippen LogP contribution in [0.5, 0.6) is 0 Å². The molecular weight excluding hydrogens is 212 g/mol. The maximum absolute atomic E-state index is 12.5. The van der Waals surface area contributed by atoms with Gasteiger partial charge >= 0.3 is 0 Å². The van der Waals surface area contributed by atoms with E-state index < -0.39 is 0 Å². The quantitative estimate of drug-likeness (QED) is 0.729. The van der Waals surface area contributed by atoms with Gasteiger partial charge in [-0.15, -0.1) is 0 Å². The predicted octanol–water partition coefficient (Wildman–Crippen LogP) is 3.37. The second-order valence-corrected chi connectivity index (χ2v) is 6.20. The topological polar surface area (TPSA) is 30.2 Å². The first-order valence-electron chi connectivity index (χ1n) is 6.78. The van der Waals surface area contributed by atoms with Gasteiger partial charge in [0.05, 0.1) is 5.56 Å². The van der Waals surface area contributed by atoms with E-state index in [9.17, 15) is 4.79 Å². The van der Waals surface area contributed by atoms with E-state index in [0.717, 1.165) is 40.8 Å². The number of fused-ring (bicyclic) bond motifs is 5. The molecule has 2 nitrogen and oxygen atoms in total. The Balaban J connectivity index is 1.62. The number of Topliss-reactive ketones (excluding diaryl/α,β-unsaturated/α-hetero) is 1. The summed E-state index contributed by atoms with van der Waals surface area (Å²) in [5, 5.41) is 0. The number of aryl methyl sites for hydroxylation is 2. The van der Waals surface area contributed by atoms with Crippen molar-refractivity contribution in [2.45, 2.75) is 33.1 Å². The molecule has 1 aromatic rings. The van der Waals surface area contributed by atoms with Gasteiger partial charge in [-0.05, 0) is 62.8 Å². The molecule has 3 fully saturated rings. The number of furan rings is 1. The monoisotopic (exact) mass is 230 g/mol. The third-order valence-corrected chi connectivity index (χ3v) is 5.34. The first-order chi connectivity index (χ1) is 8.16. The Bertz CT molecular complexity index is 483. The van der Waals surface area contributed by atoms with Gasteiger partial charge in [0.1, 0.15) is 11.5 Å². The molecule has 0 saturated heterocycles. The van der Waals surface area contributed by atoms with E-state index in [1.807, 2.05) is 19.9 Å². The summed E-state index contributed by atoms with van der Waals surface area (Å²) in [7, 11) is 0. The van der Waals surface area contributed by atoms with Crippen LogP contribution in [0.25, 0.3) is 0 Å². The first kappa shape index (κ1) is 9.93. The van der Waals surface area contributed by atoms with Crippen LogP contribution in [0.3, 0.4) is 0 Å². The highest BCUT2D eigenvalue weighted by molar-refractivity contribution is 6.01. The van der Waals surface area contributed by atoms with E-state index in [4.69, 9.17) is 4.42 Å². The summed E-state index contributed by atoms with van der Waals surface area (Å²) >= 11 is 0. The summed E-state index contributed by atoms with van der Waals surface area (Å²) < 4.78 is 5.48. The molecule has 0 amide bonds. The zero-order valence-corrected chi connectivity index (χ0v) is 10.4. The van der Waals surface area contributed by atoms with Gasteiger partial charge in [-0.2, -0.15) is 0 Å². The van der Waals surface area contributed by atoms with Gasteiger partial charge in [0.15, 0.2) is 5.78 Å². The molecule has 17 heavy (non-hydrogen) atoms. The first-order valence-corrected chi connectivity index (χ1v) is 6.78. The van der Waals surface area contributed by atoms with Crippen molar-refractivity contribution in [3.8, 4) is 0 Å². The molecule has 4 atom stereocenters. The predicted molar refractivity (Wildman–Crippen MR) is 63.8 cm³/mol. The minimum absolute atomic E-state index is 0.344. The highest BCUT2D eigenvalue weighted by Crippen LogP contribution is 2.70. The van der Waals surface area contributed by atoms with E-state index in [2.05, 4.69) is 0 Å². The Kier molecular flexibility index (Phi) is 1.77. The van der Waals surface area contributed by atoms with Crippen LogP contribution in [0, 0.1) is 43.4 Å². The number of rotatable bonds is 2. The molecule has 90 valence electrons. The molecular formula is C15H18O2. The molecule has 1 aromatic heterocycles. The van der Waals surface area contributed by atoms with Crippen LogP contribution in [0.1, 0.15) is 41.1 Å². The van der Waals surface area contributed by atoms with Gasteiger partial charge in [0, 0.05) is 5.92 Å². The van der Waals surface area contributed by atoms with Gasteiger partial charge in [-0.25, -0.2) is 0 Å². The van der Waals surface area contributed by atoms with Crippen LogP contribution in [0.15, 0.2) is 10.5 Å². The molecule has 3 aliphatic rings. The minimum Gasteiger partial charge on any atom is -0.466 e. The van der Waals surface area contributed by atoms with Gasteiger partial charge in [0.2, 0.25) is 0 Å². The van der Waals surface area contributed by atoms with Crippen molar-refractivity contribution in [2.24, 2.45) is 29.6 Å². The van der Waals surface area contributed by atoms with Crippen molar-refractivity contribution in [3.63, 3.8) is 0 Å². The van der Waals surface area contributed by atoms with E-state index in [-0.39, 0.29) is 0 Å². The lowest BCUT2D eigenvalue weighted by Gasteiger charge is -2.06. The number of hydrogen-bond donors (Lipinski definition) is 0. The molecule has 4 rings (SSSR count). The van der Waals surface area contributed by atoms with Crippen LogP contribution in [0.2, 0.25) is 0 Å². The fourth-order valence-corrected chi connectivity index (χ4v) is 4.73. The Hall–Kier alpha value is -1.05. The fraction of sp³-hybridized carbons (Fsp3) is 0.667. The average molecular weight is 230 g/mol. The molecule has 0 aromatic carbocycles. The van der Waals surface area contributed by atoms with Crippen molar-refractivity contribution < 1.29 is 9.21 Å². The fourth-order valence-electron chi connectivity index (χ4n) is 4.73. The molecule has 3 saturated carbocycles. The molecule has 4 unspecified atom stereocenters. The van der Waals surface area contributed by atoms with E-state index in [1.165, 1.54) is 19.3 Å². The Morgan fingerprint density at radius 1 is 1.24 bits per heavy atom. The normalized spacial score (nSPS) is 41.6. The molecule has 3 aliphatic carbocycles. The number of ketones is 1. The van der Waals surface area contributed by atoms with Crippen molar-refractivity contribution in [2.75, 3.05) is 0 Å². The summed E-state index contributed by atoms with van der Waals surface area (Å²) in [6, 6.07) is 1.92. The van der Waals surface area contributed by atoms with Gasteiger partial charge < -0.3 is 4.42 Å². The van der Waals surface area contributed by atoms with Crippen LogP contribution >= 0.6 is 0 Å².